The second-order valence-electron chi connectivity index (χ2n) is 5.78. The van der Waals surface area contributed by atoms with Crippen molar-refractivity contribution in [3.8, 4) is 5.69 Å². The molecule has 0 spiro atoms. The minimum absolute atomic E-state index is 0.113. The smallest absolute Gasteiger partial charge is 0.248 e. The zero-order valence-corrected chi connectivity index (χ0v) is 14.1. The third kappa shape index (κ3) is 3.51. The van der Waals surface area contributed by atoms with E-state index in [9.17, 15) is 9.59 Å². The van der Waals surface area contributed by atoms with Gasteiger partial charge in [0.15, 0.2) is 5.78 Å². The van der Waals surface area contributed by atoms with Crippen molar-refractivity contribution in [3.05, 3.63) is 52.8 Å². The maximum Gasteiger partial charge on any atom is 0.248 e. The summed E-state index contributed by atoms with van der Waals surface area (Å²) in [6, 6.07) is 8.99. The highest BCUT2D eigenvalue weighted by atomic mass is 16.1. The lowest BCUT2D eigenvalue weighted by Gasteiger charge is -2.13. The van der Waals surface area contributed by atoms with Gasteiger partial charge in [-0.2, -0.15) is 0 Å². The standard InChI is InChI=1S/C18H23N3O2/c1-5-20(4)11-17(22)16-10-12(2)21(13(16)3)15-8-6-14(7-9-15)18(19)23/h6-10H,5,11H2,1-4H3,(H2,19,23). The molecule has 0 saturated heterocycles. The highest BCUT2D eigenvalue weighted by Crippen LogP contribution is 2.21. The van der Waals surface area contributed by atoms with Gasteiger partial charge in [0.1, 0.15) is 0 Å². The Morgan fingerprint density at radius 1 is 1.17 bits per heavy atom. The maximum atomic E-state index is 12.5. The van der Waals surface area contributed by atoms with Crippen LogP contribution in [0.5, 0.6) is 0 Å². The van der Waals surface area contributed by atoms with Gasteiger partial charge in [-0.15, -0.1) is 0 Å². The zero-order chi connectivity index (χ0) is 17.1. The van der Waals surface area contributed by atoms with Crippen molar-refractivity contribution in [2.75, 3.05) is 20.1 Å². The van der Waals surface area contributed by atoms with E-state index in [1.165, 1.54) is 0 Å². The molecule has 2 rings (SSSR count). The Bertz CT molecular complexity index is 729. The van der Waals surface area contributed by atoms with Crippen LogP contribution in [0.15, 0.2) is 30.3 Å². The lowest BCUT2D eigenvalue weighted by molar-refractivity contribution is 0.0947. The summed E-state index contributed by atoms with van der Waals surface area (Å²) in [6.07, 6.45) is 0. The molecule has 1 amide bonds. The molecule has 0 aliphatic carbocycles. The van der Waals surface area contributed by atoms with Crippen LogP contribution >= 0.6 is 0 Å². The van der Waals surface area contributed by atoms with Crippen LogP contribution in [-0.2, 0) is 0 Å². The Labute approximate surface area is 136 Å². The van der Waals surface area contributed by atoms with Gasteiger partial charge < -0.3 is 10.3 Å². The van der Waals surface area contributed by atoms with Crippen LogP contribution in [0, 0.1) is 13.8 Å². The topological polar surface area (TPSA) is 68.3 Å². The van der Waals surface area contributed by atoms with E-state index < -0.39 is 5.91 Å². The molecule has 0 bridgehead atoms. The normalized spacial score (nSPS) is 11.0. The van der Waals surface area contributed by atoms with E-state index in [1.807, 2.05) is 55.5 Å². The maximum absolute atomic E-state index is 12.5. The number of aryl methyl sites for hydroxylation is 1. The van der Waals surface area contributed by atoms with E-state index in [-0.39, 0.29) is 5.78 Å². The minimum atomic E-state index is -0.448. The molecule has 0 atom stereocenters. The second kappa shape index (κ2) is 6.79. The molecule has 1 heterocycles. The first-order chi connectivity index (χ1) is 10.8. The molecule has 0 fully saturated rings. The number of hydrogen-bond acceptors (Lipinski definition) is 3. The van der Waals surface area contributed by atoms with Gasteiger partial charge in [-0.1, -0.05) is 6.92 Å². The Balaban J connectivity index is 2.37. The SMILES string of the molecule is CCN(C)CC(=O)c1cc(C)n(-c2ccc(C(N)=O)cc2)c1C. The summed E-state index contributed by atoms with van der Waals surface area (Å²) in [5.74, 6) is -0.335. The van der Waals surface area contributed by atoms with E-state index in [0.29, 0.717) is 12.1 Å². The van der Waals surface area contributed by atoms with Crippen molar-refractivity contribution in [1.29, 1.82) is 0 Å². The molecule has 2 aromatic rings. The Morgan fingerprint density at radius 2 is 1.78 bits per heavy atom. The number of likely N-dealkylation sites (N-methyl/N-ethyl adjacent to an activating group) is 1. The molecule has 122 valence electrons. The Hall–Kier alpha value is -2.40. The molecule has 0 unspecified atom stereocenters. The van der Waals surface area contributed by atoms with Gasteiger partial charge in [0.2, 0.25) is 5.91 Å². The molecule has 5 heteroatoms. The molecular formula is C18H23N3O2. The second-order valence-corrected chi connectivity index (χ2v) is 5.78. The average molecular weight is 313 g/mol. The van der Waals surface area contributed by atoms with Crippen LogP contribution in [0.2, 0.25) is 0 Å². The Kier molecular flexibility index (Phi) is 5.01. The van der Waals surface area contributed by atoms with Gasteiger partial charge in [-0.25, -0.2) is 0 Å². The summed E-state index contributed by atoms with van der Waals surface area (Å²) < 4.78 is 2.02. The molecule has 0 aliphatic rings. The van der Waals surface area contributed by atoms with Crippen molar-refractivity contribution in [2.24, 2.45) is 5.73 Å². The molecule has 0 aliphatic heterocycles. The molecule has 1 aromatic carbocycles. The predicted molar refractivity (Wildman–Crippen MR) is 91.3 cm³/mol. The van der Waals surface area contributed by atoms with E-state index in [0.717, 1.165) is 29.2 Å². The fourth-order valence-corrected chi connectivity index (χ4v) is 2.66. The Morgan fingerprint density at radius 3 is 2.30 bits per heavy atom. The third-order valence-electron chi connectivity index (χ3n) is 4.09. The monoisotopic (exact) mass is 313 g/mol. The lowest BCUT2D eigenvalue weighted by Crippen LogP contribution is -2.25. The number of carbonyl (C=O) groups excluding carboxylic acids is 2. The van der Waals surface area contributed by atoms with Gasteiger partial charge >= 0.3 is 0 Å². The number of primary amides is 1. The fraction of sp³-hybridized carbons (Fsp3) is 0.333. The van der Waals surface area contributed by atoms with Crippen LogP contribution in [0.25, 0.3) is 5.69 Å². The van der Waals surface area contributed by atoms with Crippen molar-refractivity contribution in [1.82, 2.24) is 9.47 Å². The lowest BCUT2D eigenvalue weighted by atomic mass is 10.1. The number of amides is 1. The predicted octanol–water partition coefficient (Wildman–Crippen LogP) is 2.33. The van der Waals surface area contributed by atoms with Crippen molar-refractivity contribution in [2.45, 2.75) is 20.8 Å². The summed E-state index contributed by atoms with van der Waals surface area (Å²) in [4.78, 5) is 25.6. The largest absolute Gasteiger partial charge is 0.366 e. The minimum Gasteiger partial charge on any atom is -0.366 e. The van der Waals surface area contributed by atoms with Crippen molar-refractivity contribution in [3.63, 3.8) is 0 Å². The number of hydrogen-bond donors (Lipinski definition) is 1. The number of benzene rings is 1. The molecule has 1 aromatic heterocycles. The quantitative estimate of drug-likeness (QED) is 0.832. The molecule has 2 N–H and O–H groups in total. The first-order valence-electron chi connectivity index (χ1n) is 7.66. The molecule has 0 radical (unpaired) electrons. The first-order valence-corrected chi connectivity index (χ1v) is 7.66. The number of ketones is 1. The zero-order valence-electron chi connectivity index (χ0n) is 14.1. The van der Waals surface area contributed by atoms with Crippen LogP contribution in [0.1, 0.15) is 39.0 Å². The van der Waals surface area contributed by atoms with Crippen molar-refractivity contribution < 1.29 is 9.59 Å². The van der Waals surface area contributed by atoms with E-state index in [4.69, 9.17) is 5.73 Å². The van der Waals surface area contributed by atoms with Crippen LogP contribution in [-0.4, -0.2) is 41.3 Å². The summed E-state index contributed by atoms with van der Waals surface area (Å²) in [5.41, 5.74) is 9.28. The summed E-state index contributed by atoms with van der Waals surface area (Å²) in [7, 11) is 1.93. The number of aromatic nitrogens is 1. The first kappa shape index (κ1) is 17.0. The van der Waals surface area contributed by atoms with E-state index in [1.54, 1.807) is 12.1 Å². The number of nitrogens with zero attached hydrogens (tertiary/aromatic N) is 2. The summed E-state index contributed by atoms with van der Waals surface area (Å²) >= 11 is 0. The van der Waals surface area contributed by atoms with E-state index >= 15 is 0 Å². The van der Waals surface area contributed by atoms with Gasteiger partial charge in [-0.3, -0.25) is 14.5 Å². The summed E-state index contributed by atoms with van der Waals surface area (Å²) in [5, 5.41) is 0. The van der Waals surface area contributed by atoms with Crippen LogP contribution in [0.4, 0.5) is 0 Å². The third-order valence-corrected chi connectivity index (χ3v) is 4.09. The number of nitrogens with two attached hydrogens (primary N) is 1. The van der Waals surface area contributed by atoms with Crippen molar-refractivity contribution >= 4 is 11.7 Å². The summed E-state index contributed by atoms with van der Waals surface area (Å²) in [6.45, 7) is 7.17. The molecule has 23 heavy (non-hydrogen) atoms. The average Bonchev–Trinajstić information content (AvgIpc) is 2.82. The van der Waals surface area contributed by atoms with Gasteiger partial charge in [0.05, 0.1) is 6.54 Å². The molecule has 0 saturated carbocycles. The molecule has 5 nitrogen and oxygen atoms in total. The van der Waals surface area contributed by atoms with E-state index in [2.05, 4.69) is 0 Å². The van der Waals surface area contributed by atoms with Crippen LogP contribution in [0.3, 0.4) is 0 Å². The van der Waals surface area contributed by atoms with Gasteiger partial charge in [0.25, 0.3) is 0 Å². The number of Topliss-reactive ketones (excluding diaryl/α,β-unsaturated/α-hetero) is 1. The highest BCUT2D eigenvalue weighted by molar-refractivity contribution is 5.99. The fourth-order valence-electron chi connectivity index (χ4n) is 2.66. The number of rotatable bonds is 6. The van der Waals surface area contributed by atoms with Gasteiger partial charge in [0, 0.05) is 28.2 Å². The highest BCUT2D eigenvalue weighted by Gasteiger charge is 2.17. The van der Waals surface area contributed by atoms with Gasteiger partial charge in [-0.05, 0) is 57.8 Å². The number of carbonyl (C=O) groups is 2. The van der Waals surface area contributed by atoms with Crippen LogP contribution < -0.4 is 5.73 Å². The molecular weight excluding hydrogens is 290 g/mol.